The minimum atomic E-state index is -4.64. The van der Waals surface area contributed by atoms with Crippen molar-refractivity contribution in [2.24, 2.45) is 4.99 Å². The average molecular weight is 460 g/mol. The number of halogens is 3. The normalized spacial score (nSPS) is 16.5. The lowest BCUT2D eigenvalue weighted by atomic mass is 10.1. The number of hydrogen-bond donors (Lipinski definition) is 1. The van der Waals surface area contributed by atoms with Gasteiger partial charge in [-0.25, -0.2) is 15.0 Å². The van der Waals surface area contributed by atoms with Gasteiger partial charge < -0.3 is 14.6 Å². The number of hydrogen-bond acceptors (Lipinski definition) is 6. The lowest BCUT2D eigenvalue weighted by Gasteiger charge is -2.33. The number of alkyl halides is 3. The maximum atomic E-state index is 13.9. The Labute approximate surface area is 188 Å². The summed E-state index contributed by atoms with van der Waals surface area (Å²) in [5, 5.41) is 5.08. The summed E-state index contributed by atoms with van der Waals surface area (Å²) in [5.74, 6) is 0.115. The first-order valence-corrected chi connectivity index (χ1v) is 10.3. The fourth-order valence-corrected chi connectivity index (χ4v) is 3.68. The number of aromatic nitrogens is 2. The molecule has 0 fully saturated rings. The third-order valence-corrected chi connectivity index (χ3v) is 5.32. The molecule has 1 aromatic heterocycles. The van der Waals surface area contributed by atoms with Crippen LogP contribution in [0.4, 0.5) is 13.2 Å². The standard InChI is InChI=1S/C22H23F3N6O2/c1-29-13-17(21(32)27-8-3-10-30-11-9-26-14-30)20-28-18(12-19(31(20)29)22(23,24)25)15-4-6-16(33-2)7-5-15/h4-7,9,11-12,14H,3,8,10,13H2,1-2H3,(H,27,32). The Kier molecular flexibility index (Phi) is 6.23. The number of methoxy groups -OCH3 is 1. The largest absolute Gasteiger partial charge is 0.497 e. The summed E-state index contributed by atoms with van der Waals surface area (Å²) in [6, 6.07) is 6.56. The number of nitrogens with one attached hydrogen (secondary N) is 1. The summed E-state index contributed by atoms with van der Waals surface area (Å²) >= 11 is 0. The summed E-state index contributed by atoms with van der Waals surface area (Å²) in [6.07, 6.45) is 2.18. The molecule has 0 aliphatic carbocycles. The minimum Gasteiger partial charge on any atom is -0.497 e. The number of amides is 1. The van der Waals surface area contributed by atoms with Gasteiger partial charge in [0, 0.05) is 38.1 Å². The Morgan fingerprint density at radius 2 is 2.00 bits per heavy atom. The van der Waals surface area contributed by atoms with Crippen LogP contribution in [-0.4, -0.2) is 64.6 Å². The van der Waals surface area contributed by atoms with Gasteiger partial charge in [0.05, 0.1) is 31.3 Å². The number of carbonyl (C=O) groups excluding carboxylic acids is 1. The molecule has 2 aliphatic heterocycles. The highest BCUT2D eigenvalue weighted by molar-refractivity contribution is 6.11. The number of benzene rings is 1. The van der Waals surface area contributed by atoms with Gasteiger partial charge in [-0.2, -0.15) is 13.2 Å². The number of imidazole rings is 1. The highest BCUT2D eigenvalue weighted by Gasteiger charge is 2.46. The second kappa shape index (κ2) is 9.10. The van der Waals surface area contributed by atoms with Crippen LogP contribution in [0.3, 0.4) is 0 Å². The maximum absolute atomic E-state index is 13.9. The number of aryl methyl sites for hydroxylation is 1. The van der Waals surface area contributed by atoms with E-state index in [2.05, 4.69) is 15.3 Å². The van der Waals surface area contributed by atoms with Gasteiger partial charge in [0.2, 0.25) is 0 Å². The zero-order valence-electron chi connectivity index (χ0n) is 18.1. The average Bonchev–Trinajstić information content (AvgIpc) is 3.43. The van der Waals surface area contributed by atoms with Crippen LogP contribution >= 0.6 is 0 Å². The second-order valence-corrected chi connectivity index (χ2v) is 7.59. The van der Waals surface area contributed by atoms with Crippen LogP contribution in [0.15, 0.2) is 71.1 Å². The van der Waals surface area contributed by atoms with E-state index in [0.29, 0.717) is 30.8 Å². The molecule has 0 bridgehead atoms. The molecular formula is C22H23F3N6O2. The van der Waals surface area contributed by atoms with E-state index in [1.54, 1.807) is 36.8 Å². The van der Waals surface area contributed by atoms with Crippen LogP contribution < -0.4 is 10.1 Å². The van der Waals surface area contributed by atoms with Crippen LogP contribution in [0.5, 0.6) is 5.75 Å². The molecule has 3 heterocycles. The Balaban J connectivity index is 1.60. The van der Waals surface area contributed by atoms with E-state index >= 15 is 0 Å². The first-order valence-electron chi connectivity index (χ1n) is 10.3. The molecule has 1 amide bonds. The molecule has 1 N–H and O–H groups in total. The molecule has 0 spiro atoms. The Bertz CT molecular complexity index is 1100. The zero-order valence-corrected chi connectivity index (χ0v) is 18.1. The SMILES string of the molecule is COc1ccc(C2=NC3=C(C(=O)NCCCn4ccnc4)CN(C)N3C(C(F)(F)F)=C2)cc1. The van der Waals surface area contributed by atoms with Crippen LogP contribution in [-0.2, 0) is 11.3 Å². The molecule has 8 nitrogen and oxygen atoms in total. The van der Waals surface area contributed by atoms with Gasteiger partial charge >= 0.3 is 6.18 Å². The zero-order chi connectivity index (χ0) is 23.6. The van der Waals surface area contributed by atoms with E-state index in [1.165, 1.54) is 19.2 Å². The van der Waals surface area contributed by atoms with Crippen molar-refractivity contribution < 1.29 is 22.7 Å². The van der Waals surface area contributed by atoms with Crippen molar-refractivity contribution in [2.45, 2.75) is 19.1 Å². The first kappa shape index (κ1) is 22.6. The number of hydrazine groups is 1. The monoisotopic (exact) mass is 460 g/mol. The molecule has 2 aromatic rings. The van der Waals surface area contributed by atoms with Crippen molar-refractivity contribution in [2.75, 3.05) is 27.2 Å². The third kappa shape index (κ3) is 4.77. The molecule has 33 heavy (non-hydrogen) atoms. The predicted molar refractivity (Wildman–Crippen MR) is 115 cm³/mol. The molecule has 0 saturated heterocycles. The summed E-state index contributed by atoms with van der Waals surface area (Å²) in [5.41, 5.74) is -0.110. The van der Waals surface area contributed by atoms with E-state index in [1.807, 2.05) is 10.8 Å². The second-order valence-electron chi connectivity index (χ2n) is 7.59. The summed E-state index contributed by atoms with van der Waals surface area (Å²) in [6.45, 7) is 1.04. The van der Waals surface area contributed by atoms with Gasteiger partial charge in [-0.1, -0.05) is 0 Å². The summed E-state index contributed by atoms with van der Waals surface area (Å²) in [4.78, 5) is 21.3. The summed E-state index contributed by atoms with van der Waals surface area (Å²) < 4.78 is 48.8. The number of likely N-dealkylation sites (N-methyl/N-ethyl adjacent to an activating group) is 1. The van der Waals surface area contributed by atoms with Crippen molar-refractivity contribution in [1.82, 2.24) is 24.9 Å². The van der Waals surface area contributed by atoms with E-state index < -0.39 is 17.8 Å². The molecule has 0 saturated carbocycles. The van der Waals surface area contributed by atoms with Crippen LogP contribution in [0.2, 0.25) is 0 Å². The third-order valence-electron chi connectivity index (χ3n) is 5.32. The summed E-state index contributed by atoms with van der Waals surface area (Å²) in [7, 11) is 3.00. The molecule has 0 radical (unpaired) electrons. The van der Waals surface area contributed by atoms with E-state index in [4.69, 9.17) is 4.74 Å². The van der Waals surface area contributed by atoms with Crippen molar-refractivity contribution in [3.8, 4) is 5.75 Å². The number of rotatable bonds is 7. The highest BCUT2D eigenvalue weighted by Crippen LogP contribution is 2.39. The molecule has 1 aromatic carbocycles. The molecule has 0 unspecified atom stereocenters. The number of fused-ring (bicyclic) bond motifs is 1. The van der Waals surface area contributed by atoms with E-state index in [9.17, 15) is 18.0 Å². The van der Waals surface area contributed by atoms with Gasteiger partial charge in [-0.05, 0) is 36.8 Å². The van der Waals surface area contributed by atoms with E-state index in [0.717, 1.165) is 11.1 Å². The molecule has 2 aliphatic rings. The van der Waals surface area contributed by atoms with Gasteiger partial charge in [0.1, 0.15) is 11.4 Å². The number of aliphatic imine (C=N–C) groups is 1. The lowest BCUT2D eigenvalue weighted by molar-refractivity contribution is -0.125. The number of nitrogens with zero attached hydrogens (tertiary/aromatic N) is 5. The number of allylic oxidation sites excluding steroid dienone is 2. The van der Waals surface area contributed by atoms with Crippen molar-refractivity contribution in [3.63, 3.8) is 0 Å². The first-order chi connectivity index (χ1) is 15.8. The quantitative estimate of drug-likeness (QED) is 0.644. The highest BCUT2D eigenvalue weighted by atomic mass is 19.4. The van der Waals surface area contributed by atoms with Crippen LogP contribution in [0.1, 0.15) is 12.0 Å². The van der Waals surface area contributed by atoms with E-state index in [-0.39, 0.29) is 23.7 Å². The fourth-order valence-electron chi connectivity index (χ4n) is 3.68. The number of carbonyl (C=O) groups is 1. The van der Waals surface area contributed by atoms with Crippen LogP contribution in [0.25, 0.3) is 0 Å². The van der Waals surface area contributed by atoms with Gasteiger partial charge in [0.25, 0.3) is 5.91 Å². The number of ether oxygens (including phenoxy) is 1. The molecule has 0 atom stereocenters. The van der Waals surface area contributed by atoms with Gasteiger partial charge in [0.15, 0.2) is 5.82 Å². The molecular weight excluding hydrogens is 437 g/mol. The molecule has 174 valence electrons. The van der Waals surface area contributed by atoms with Gasteiger partial charge in [-0.3, -0.25) is 9.80 Å². The Morgan fingerprint density at radius 1 is 1.24 bits per heavy atom. The topological polar surface area (TPSA) is 75.0 Å². The van der Waals surface area contributed by atoms with Crippen LogP contribution in [0, 0.1) is 0 Å². The van der Waals surface area contributed by atoms with Gasteiger partial charge in [-0.15, -0.1) is 0 Å². The minimum absolute atomic E-state index is 0.00942. The van der Waals surface area contributed by atoms with Crippen molar-refractivity contribution >= 4 is 11.6 Å². The predicted octanol–water partition coefficient (Wildman–Crippen LogP) is 2.72. The molecule has 11 heteroatoms. The molecule has 4 rings (SSSR count). The van der Waals surface area contributed by atoms with Crippen molar-refractivity contribution in [3.05, 3.63) is 71.7 Å². The Hall–Kier alpha value is -3.60. The Morgan fingerprint density at radius 3 is 2.64 bits per heavy atom. The lowest BCUT2D eigenvalue weighted by Crippen LogP contribution is -2.40. The van der Waals surface area contributed by atoms with Crippen molar-refractivity contribution in [1.29, 1.82) is 0 Å². The fraction of sp³-hybridized carbons (Fsp3) is 0.318. The maximum Gasteiger partial charge on any atom is 0.433 e. The smallest absolute Gasteiger partial charge is 0.433 e.